The van der Waals surface area contributed by atoms with Crippen molar-refractivity contribution < 1.29 is 9.53 Å². The Morgan fingerprint density at radius 3 is 3.12 bits per heavy atom. The quantitative estimate of drug-likeness (QED) is 0.786. The predicted molar refractivity (Wildman–Crippen MR) is 62.8 cm³/mol. The summed E-state index contributed by atoms with van der Waals surface area (Å²) in [6, 6.07) is 0.198. The van der Waals surface area contributed by atoms with E-state index in [9.17, 15) is 4.79 Å². The molecule has 6 nitrogen and oxygen atoms in total. The van der Waals surface area contributed by atoms with Gasteiger partial charge in [-0.05, 0) is 6.42 Å². The molecule has 3 N–H and O–H groups in total. The molecular formula is C11H16N4O2. The lowest BCUT2D eigenvalue weighted by atomic mass is 10.2. The van der Waals surface area contributed by atoms with Crippen molar-refractivity contribution in [2.45, 2.75) is 25.8 Å². The molecule has 1 atom stereocenters. The van der Waals surface area contributed by atoms with Gasteiger partial charge in [0.1, 0.15) is 5.82 Å². The summed E-state index contributed by atoms with van der Waals surface area (Å²) in [5, 5.41) is 3.19. The van der Waals surface area contributed by atoms with Gasteiger partial charge < -0.3 is 15.8 Å². The van der Waals surface area contributed by atoms with E-state index in [1.54, 1.807) is 6.20 Å². The molecule has 92 valence electrons. The number of hydrogen-bond donors (Lipinski definition) is 2. The second kappa shape index (κ2) is 5.09. The van der Waals surface area contributed by atoms with Crippen LogP contribution >= 0.6 is 0 Å². The first kappa shape index (κ1) is 11.8. The molecule has 0 bridgehead atoms. The number of nitrogens with two attached hydrogens (primary N) is 1. The van der Waals surface area contributed by atoms with E-state index in [2.05, 4.69) is 15.3 Å². The lowest BCUT2D eigenvalue weighted by Gasteiger charge is -2.14. The van der Waals surface area contributed by atoms with Crippen molar-refractivity contribution in [1.29, 1.82) is 0 Å². The van der Waals surface area contributed by atoms with Crippen molar-refractivity contribution in [2.24, 2.45) is 5.73 Å². The molecule has 2 heterocycles. The van der Waals surface area contributed by atoms with Crippen LogP contribution in [0.5, 0.6) is 0 Å². The Labute approximate surface area is 99.6 Å². The molecule has 1 saturated heterocycles. The average Bonchev–Trinajstić information content (AvgIpc) is 2.82. The summed E-state index contributed by atoms with van der Waals surface area (Å²) in [5.74, 6) is 0.0792. The summed E-state index contributed by atoms with van der Waals surface area (Å²) in [6.45, 7) is 3.29. The third-order valence-electron chi connectivity index (χ3n) is 2.68. The first-order valence-corrected chi connectivity index (χ1v) is 5.70. The van der Waals surface area contributed by atoms with Crippen LogP contribution in [0.4, 0.5) is 5.69 Å². The Hall–Kier alpha value is -1.69. The van der Waals surface area contributed by atoms with Gasteiger partial charge in [0.25, 0.3) is 5.91 Å². The number of primary amides is 1. The number of nitrogens with zero attached hydrogens (tertiary/aromatic N) is 2. The summed E-state index contributed by atoms with van der Waals surface area (Å²) < 4.78 is 5.26. The van der Waals surface area contributed by atoms with Gasteiger partial charge in [-0.3, -0.25) is 4.79 Å². The number of aromatic nitrogens is 2. The normalized spacial score (nSPS) is 19.2. The Morgan fingerprint density at radius 2 is 2.53 bits per heavy atom. The van der Waals surface area contributed by atoms with Crippen LogP contribution in [0.2, 0.25) is 0 Å². The van der Waals surface area contributed by atoms with E-state index in [-0.39, 0.29) is 11.7 Å². The molecule has 0 radical (unpaired) electrons. The van der Waals surface area contributed by atoms with Gasteiger partial charge in [0.15, 0.2) is 5.69 Å². The van der Waals surface area contributed by atoms with Crippen molar-refractivity contribution in [3.63, 3.8) is 0 Å². The summed E-state index contributed by atoms with van der Waals surface area (Å²) >= 11 is 0. The first-order chi connectivity index (χ1) is 8.20. The van der Waals surface area contributed by atoms with Crippen molar-refractivity contribution in [3.8, 4) is 0 Å². The van der Waals surface area contributed by atoms with E-state index in [4.69, 9.17) is 10.5 Å². The largest absolute Gasteiger partial charge is 0.379 e. The maximum atomic E-state index is 11.3. The zero-order valence-corrected chi connectivity index (χ0v) is 9.77. The number of hydrogen-bond acceptors (Lipinski definition) is 5. The number of aryl methyl sites for hydroxylation is 1. The van der Waals surface area contributed by atoms with Crippen molar-refractivity contribution >= 4 is 11.6 Å². The highest BCUT2D eigenvalue weighted by atomic mass is 16.5. The van der Waals surface area contributed by atoms with Crippen molar-refractivity contribution in [3.05, 3.63) is 17.7 Å². The first-order valence-electron chi connectivity index (χ1n) is 5.70. The highest BCUT2D eigenvalue weighted by Gasteiger charge is 2.19. The molecule has 0 spiro atoms. The third kappa shape index (κ3) is 2.71. The lowest BCUT2D eigenvalue weighted by molar-refractivity contribution is 0.0996. The van der Waals surface area contributed by atoms with Crippen LogP contribution in [-0.4, -0.2) is 35.1 Å². The van der Waals surface area contributed by atoms with Gasteiger partial charge in [0.05, 0.1) is 24.5 Å². The molecule has 17 heavy (non-hydrogen) atoms. The van der Waals surface area contributed by atoms with E-state index < -0.39 is 5.91 Å². The zero-order chi connectivity index (χ0) is 12.3. The van der Waals surface area contributed by atoms with E-state index >= 15 is 0 Å². The van der Waals surface area contributed by atoms with E-state index in [0.29, 0.717) is 24.5 Å². The molecule has 1 aromatic rings. The third-order valence-corrected chi connectivity index (χ3v) is 2.68. The highest BCUT2D eigenvalue weighted by Crippen LogP contribution is 2.16. The summed E-state index contributed by atoms with van der Waals surface area (Å²) in [5.41, 5.74) is 6.15. The molecule has 0 aromatic carbocycles. The smallest absolute Gasteiger partial charge is 0.269 e. The number of carbonyl (C=O) groups is 1. The van der Waals surface area contributed by atoms with Gasteiger partial charge >= 0.3 is 0 Å². The van der Waals surface area contributed by atoms with Crippen molar-refractivity contribution in [2.75, 3.05) is 18.5 Å². The lowest BCUT2D eigenvalue weighted by Crippen LogP contribution is -2.24. The van der Waals surface area contributed by atoms with Crippen LogP contribution in [-0.2, 0) is 11.2 Å². The molecule has 0 aliphatic carbocycles. The van der Waals surface area contributed by atoms with Crippen molar-refractivity contribution in [1.82, 2.24) is 9.97 Å². The summed E-state index contributed by atoms with van der Waals surface area (Å²) in [4.78, 5) is 19.6. The fourth-order valence-corrected chi connectivity index (χ4v) is 1.75. The number of ether oxygens (including phenoxy) is 1. The van der Waals surface area contributed by atoms with Crippen LogP contribution in [0.1, 0.15) is 29.7 Å². The zero-order valence-electron chi connectivity index (χ0n) is 9.77. The molecule has 1 aromatic heterocycles. The Balaban J connectivity index is 2.22. The maximum Gasteiger partial charge on any atom is 0.269 e. The Bertz CT molecular complexity index is 416. The minimum Gasteiger partial charge on any atom is -0.379 e. The molecule has 1 amide bonds. The second-order valence-electron chi connectivity index (χ2n) is 3.97. The summed E-state index contributed by atoms with van der Waals surface area (Å²) in [6.07, 6.45) is 3.20. The topological polar surface area (TPSA) is 90.1 Å². The number of rotatable bonds is 4. The van der Waals surface area contributed by atoms with Gasteiger partial charge in [0, 0.05) is 13.0 Å². The highest BCUT2D eigenvalue weighted by molar-refractivity contribution is 5.96. The number of amides is 1. The SMILES string of the molecule is CCc1ncc(NC2CCOC2)c(C(N)=O)n1. The Morgan fingerprint density at radius 1 is 1.71 bits per heavy atom. The monoisotopic (exact) mass is 236 g/mol. The molecule has 1 aliphatic heterocycles. The molecule has 1 fully saturated rings. The van der Waals surface area contributed by atoms with Crippen LogP contribution in [0.15, 0.2) is 6.20 Å². The minimum atomic E-state index is -0.538. The molecule has 6 heteroatoms. The number of anilines is 1. The van der Waals surface area contributed by atoms with Gasteiger partial charge in [0.2, 0.25) is 0 Å². The number of nitrogens with one attached hydrogen (secondary N) is 1. The van der Waals surface area contributed by atoms with Gasteiger partial charge in [-0.1, -0.05) is 6.92 Å². The fraction of sp³-hybridized carbons (Fsp3) is 0.545. The van der Waals surface area contributed by atoms with Gasteiger partial charge in [-0.15, -0.1) is 0 Å². The minimum absolute atomic E-state index is 0.198. The second-order valence-corrected chi connectivity index (χ2v) is 3.97. The molecular weight excluding hydrogens is 220 g/mol. The molecule has 2 rings (SSSR count). The fourth-order valence-electron chi connectivity index (χ4n) is 1.75. The van der Waals surface area contributed by atoms with E-state index in [1.165, 1.54) is 0 Å². The molecule has 0 saturated carbocycles. The van der Waals surface area contributed by atoms with Gasteiger partial charge in [-0.25, -0.2) is 9.97 Å². The Kier molecular flexibility index (Phi) is 3.53. The average molecular weight is 236 g/mol. The van der Waals surface area contributed by atoms with Crippen LogP contribution in [0.3, 0.4) is 0 Å². The van der Waals surface area contributed by atoms with Gasteiger partial charge in [-0.2, -0.15) is 0 Å². The van der Waals surface area contributed by atoms with E-state index in [0.717, 1.165) is 13.0 Å². The van der Waals surface area contributed by atoms with Crippen LogP contribution in [0.25, 0.3) is 0 Å². The molecule has 1 aliphatic rings. The molecule has 1 unspecified atom stereocenters. The number of carbonyl (C=O) groups excluding carboxylic acids is 1. The summed E-state index contributed by atoms with van der Waals surface area (Å²) in [7, 11) is 0. The standard InChI is InChI=1S/C11H16N4O2/c1-2-9-13-5-8(10(15-9)11(12)16)14-7-3-4-17-6-7/h5,7,14H,2-4,6H2,1H3,(H2,12,16). The van der Waals surface area contributed by atoms with Crippen LogP contribution < -0.4 is 11.1 Å². The van der Waals surface area contributed by atoms with Crippen LogP contribution in [0, 0.1) is 0 Å². The predicted octanol–water partition coefficient (Wildman–Crippen LogP) is 0.339. The van der Waals surface area contributed by atoms with E-state index in [1.807, 2.05) is 6.92 Å². The maximum absolute atomic E-state index is 11.3.